The van der Waals surface area contributed by atoms with E-state index in [1.807, 2.05) is 6.07 Å². The summed E-state index contributed by atoms with van der Waals surface area (Å²) in [7, 11) is 0. The Kier molecular flexibility index (Phi) is 4.90. The van der Waals surface area contributed by atoms with Gasteiger partial charge in [0.05, 0.1) is 5.69 Å². The van der Waals surface area contributed by atoms with E-state index in [0.717, 1.165) is 4.68 Å². The Hall–Kier alpha value is -1.95. The average molecular weight is 287 g/mol. The van der Waals surface area contributed by atoms with Crippen LogP contribution in [0.3, 0.4) is 0 Å². The zero-order valence-corrected chi connectivity index (χ0v) is 13.4. The van der Waals surface area contributed by atoms with Crippen molar-refractivity contribution in [3.63, 3.8) is 0 Å². The van der Waals surface area contributed by atoms with Gasteiger partial charge in [-0.25, -0.2) is 4.68 Å². The molecule has 0 saturated heterocycles. The first-order valence-corrected chi connectivity index (χ1v) is 6.05. The molecule has 0 saturated carbocycles. The number of carbonyl (C=O) groups is 1. The Morgan fingerprint density at radius 2 is 1.52 bits per heavy atom. The minimum atomic E-state index is -0.509. The molecule has 1 aromatic heterocycles. The van der Waals surface area contributed by atoms with E-state index in [4.69, 9.17) is 0 Å². The van der Waals surface area contributed by atoms with Gasteiger partial charge in [-0.3, -0.25) is 4.79 Å². The minimum absolute atomic E-state index is 0. The first kappa shape index (κ1) is 15.4. The molecule has 0 bridgehead atoms. The molecule has 6 heteroatoms. The topological polar surface area (TPSA) is 70.8 Å². The van der Waals surface area contributed by atoms with Crippen LogP contribution in [0.2, 0.25) is 0 Å². The van der Waals surface area contributed by atoms with Crippen LogP contribution in [0.1, 0.15) is 16.1 Å². The third kappa shape index (κ3) is 3.05. The van der Waals surface area contributed by atoms with Crippen molar-refractivity contribution in [2.45, 2.75) is 0 Å². The largest absolute Gasteiger partial charge is 1.00 e. The summed E-state index contributed by atoms with van der Waals surface area (Å²) in [6.45, 7) is 0. The second-order valence-corrected chi connectivity index (χ2v) is 4.19. The molecular formula is C15H10N3NaO2. The Morgan fingerprint density at radius 3 is 2.14 bits per heavy atom. The second-order valence-electron chi connectivity index (χ2n) is 4.19. The van der Waals surface area contributed by atoms with Crippen molar-refractivity contribution in [2.75, 3.05) is 0 Å². The van der Waals surface area contributed by atoms with E-state index in [9.17, 15) is 9.90 Å². The van der Waals surface area contributed by atoms with Crippen LogP contribution in [0.15, 0.2) is 60.7 Å². The molecule has 3 rings (SSSR count). The van der Waals surface area contributed by atoms with Crippen molar-refractivity contribution >= 4 is 5.78 Å². The van der Waals surface area contributed by atoms with Gasteiger partial charge in [-0.05, 0) is 12.1 Å². The Balaban J connectivity index is 0.00000161. The standard InChI is InChI=1S/C15H11N3O2.Na/c19-14(11-7-3-1-4-8-11)13-15(20)18(17-16-13)12-9-5-2-6-10-12;/h1-10,20H;/q;+1/p-1. The number of ketones is 1. The zero-order valence-electron chi connectivity index (χ0n) is 11.4. The molecule has 0 aliphatic heterocycles. The number of carbonyl (C=O) groups excluding carboxylic acids is 1. The summed E-state index contributed by atoms with van der Waals surface area (Å²) in [6.07, 6.45) is 0. The molecule has 0 amide bonds. The molecule has 2 aromatic carbocycles. The van der Waals surface area contributed by atoms with E-state index in [2.05, 4.69) is 10.3 Å². The number of rotatable bonds is 3. The molecule has 0 aliphatic rings. The summed E-state index contributed by atoms with van der Waals surface area (Å²) in [5, 5.41) is 19.7. The van der Waals surface area contributed by atoms with Gasteiger partial charge in [0.25, 0.3) is 0 Å². The molecule has 5 nitrogen and oxygen atoms in total. The van der Waals surface area contributed by atoms with Crippen LogP contribution in [0.25, 0.3) is 5.69 Å². The Labute approximate surface area is 143 Å². The number of aromatic nitrogens is 3. The van der Waals surface area contributed by atoms with Crippen LogP contribution in [0, 0.1) is 0 Å². The van der Waals surface area contributed by atoms with Crippen molar-refractivity contribution in [3.05, 3.63) is 71.9 Å². The summed E-state index contributed by atoms with van der Waals surface area (Å²) in [5.41, 5.74) is 0.835. The molecule has 1 heterocycles. The fourth-order valence-electron chi connectivity index (χ4n) is 1.88. The van der Waals surface area contributed by atoms with Crippen molar-refractivity contribution in [3.8, 4) is 11.6 Å². The number of hydrogen-bond acceptors (Lipinski definition) is 4. The van der Waals surface area contributed by atoms with Gasteiger partial charge in [-0.15, -0.1) is 5.10 Å². The predicted octanol–water partition coefficient (Wildman–Crippen LogP) is -1.42. The summed E-state index contributed by atoms with van der Waals surface area (Å²) in [5.74, 6) is -0.928. The molecule has 0 unspecified atom stereocenters. The van der Waals surface area contributed by atoms with Crippen LogP contribution in [0.4, 0.5) is 0 Å². The van der Waals surface area contributed by atoms with Gasteiger partial charge in [0, 0.05) is 11.4 Å². The fraction of sp³-hybridized carbons (Fsp3) is 0. The fourth-order valence-corrected chi connectivity index (χ4v) is 1.88. The van der Waals surface area contributed by atoms with Gasteiger partial charge >= 0.3 is 29.6 Å². The van der Waals surface area contributed by atoms with Gasteiger partial charge in [0.2, 0.25) is 5.78 Å². The van der Waals surface area contributed by atoms with Crippen molar-refractivity contribution in [1.82, 2.24) is 15.0 Å². The van der Waals surface area contributed by atoms with Gasteiger partial charge in [0.1, 0.15) is 5.69 Å². The van der Waals surface area contributed by atoms with Crippen LogP contribution < -0.4 is 34.7 Å². The molecular weight excluding hydrogens is 277 g/mol. The quantitative estimate of drug-likeness (QED) is 0.438. The molecule has 0 spiro atoms. The van der Waals surface area contributed by atoms with Crippen molar-refractivity contribution in [2.24, 2.45) is 0 Å². The van der Waals surface area contributed by atoms with E-state index in [0.29, 0.717) is 11.3 Å². The first-order valence-electron chi connectivity index (χ1n) is 6.05. The number of nitrogens with zero attached hydrogens (tertiary/aromatic N) is 3. The average Bonchev–Trinajstić information content (AvgIpc) is 2.90. The number of benzene rings is 2. The Morgan fingerprint density at radius 1 is 0.952 bits per heavy atom. The van der Waals surface area contributed by atoms with E-state index in [1.54, 1.807) is 54.6 Å². The summed E-state index contributed by atoms with van der Waals surface area (Å²) < 4.78 is 1.12. The van der Waals surface area contributed by atoms with Crippen LogP contribution in [-0.2, 0) is 0 Å². The second kappa shape index (κ2) is 6.67. The SMILES string of the molecule is O=C(c1ccccc1)c1nnn(-c2ccccc2)c1[O-].[Na+]. The van der Waals surface area contributed by atoms with E-state index in [-0.39, 0.29) is 35.3 Å². The molecule has 0 N–H and O–H groups in total. The van der Waals surface area contributed by atoms with Crippen molar-refractivity contribution < 1.29 is 39.5 Å². The summed E-state index contributed by atoms with van der Waals surface area (Å²) in [4.78, 5) is 12.2. The number of hydrogen-bond donors (Lipinski definition) is 0. The van der Waals surface area contributed by atoms with E-state index < -0.39 is 11.7 Å². The van der Waals surface area contributed by atoms with Crippen molar-refractivity contribution in [1.29, 1.82) is 0 Å². The Bertz CT molecular complexity index is 742. The molecule has 0 fully saturated rings. The first-order chi connectivity index (χ1) is 9.77. The molecule has 3 aromatic rings. The summed E-state index contributed by atoms with van der Waals surface area (Å²) >= 11 is 0. The van der Waals surface area contributed by atoms with Crippen LogP contribution in [0.5, 0.6) is 5.88 Å². The monoisotopic (exact) mass is 287 g/mol. The normalized spacial score (nSPS) is 9.90. The van der Waals surface area contributed by atoms with Gasteiger partial charge in [-0.1, -0.05) is 53.7 Å². The maximum Gasteiger partial charge on any atom is 1.00 e. The van der Waals surface area contributed by atoms with Gasteiger partial charge in [-0.2, -0.15) is 0 Å². The molecule has 0 atom stereocenters. The third-order valence-electron chi connectivity index (χ3n) is 2.88. The molecule has 98 valence electrons. The minimum Gasteiger partial charge on any atom is -0.857 e. The molecule has 0 radical (unpaired) electrons. The smallest absolute Gasteiger partial charge is 0.857 e. The maximum absolute atomic E-state index is 12.2. The van der Waals surface area contributed by atoms with Crippen LogP contribution >= 0.6 is 0 Å². The van der Waals surface area contributed by atoms with E-state index in [1.165, 1.54) is 0 Å². The molecule has 21 heavy (non-hydrogen) atoms. The van der Waals surface area contributed by atoms with Gasteiger partial charge in [0.15, 0.2) is 0 Å². The maximum atomic E-state index is 12.2. The third-order valence-corrected chi connectivity index (χ3v) is 2.88. The van der Waals surface area contributed by atoms with E-state index >= 15 is 0 Å². The number of para-hydroxylation sites is 1. The zero-order chi connectivity index (χ0) is 13.9. The van der Waals surface area contributed by atoms with Gasteiger partial charge < -0.3 is 5.11 Å². The van der Waals surface area contributed by atoms with Crippen LogP contribution in [-0.4, -0.2) is 20.8 Å². The predicted molar refractivity (Wildman–Crippen MR) is 70.7 cm³/mol. The molecule has 0 aliphatic carbocycles. The summed E-state index contributed by atoms with van der Waals surface area (Å²) in [6, 6.07) is 17.4.